The van der Waals surface area contributed by atoms with Gasteiger partial charge < -0.3 is 14.7 Å². The zero-order valence-electron chi connectivity index (χ0n) is 19.5. The normalized spacial score (nSPS) is 11.2. The molecular formula is C27H20F4N2O3S. The number of thiazole rings is 1. The summed E-state index contributed by atoms with van der Waals surface area (Å²) in [5, 5.41) is 9.12. The molecule has 0 aliphatic rings. The highest BCUT2D eigenvalue weighted by Crippen LogP contribution is 2.40. The zero-order chi connectivity index (χ0) is 26.6. The topological polar surface area (TPSA) is 62.7 Å². The molecule has 0 fully saturated rings. The van der Waals surface area contributed by atoms with Crippen LogP contribution in [0.2, 0.25) is 0 Å². The minimum absolute atomic E-state index is 0.0461. The van der Waals surface area contributed by atoms with Crippen molar-refractivity contribution in [3.63, 3.8) is 0 Å². The van der Waals surface area contributed by atoms with Crippen LogP contribution in [0, 0.1) is 17.7 Å². The quantitative estimate of drug-likeness (QED) is 0.230. The van der Waals surface area contributed by atoms with Crippen molar-refractivity contribution in [3.8, 4) is 17.6 Å². The van der Waals surface area contributed by atoms with Crippen molar-refractivity contribution in [2.75, 3.05) is 18.6 Å². The van der Waals surface area contributed by atoms with E-state index < -0.39 is 23.5 Å². The largest absolute Gasteiger partial charge is 0.494 e. The fraction of sp³-hybridized carbons (Fsp3) is 0.185. The van der Waals surface area contributed by atoms with E-state index in [-0.39, 0.29) is 16.0 Å². The molecule has 0 radical (unpaired) electrons. The molecule has 190 valence electrons. The van der Waals surface area contributed by atoms with Crippen LogP contribution in [0.25, 0.3) is 10.2 Å². The van der Waals surface area contributed by atoms with E-state index in [1.807, 2.05) is 10.8 Å². The average molecular weight is 529 g/mol. The zero-order valence-corrected chi connectivity index (χ0v) is 20.3. The van der Waals surface area contributed by atoms with Gasteiger partial charge >= 0.3 is 12.1 Å². The molecule has 37 heavy (non-hydrogen) atoms. The minimum Gasteiger partial charge on any atom is -0.494 e. The fourth-order valence-corrected chi connectivity index (χ4v) is 4.83. The Morgan fingerprint density at radius 2 is 1.84 bits per heavy atom. The van der Waals surface area contributed by atoms with Crippen molar-refractivity contribution in [1.29, 1.82) is 0 Å². The second kappa shape index (κ2) is 10.9. The molecule has 0 spiro atoms. The Kier molecular flexibility index (Phi) is 7.64. The van der Waals surface area contributed by atoms with Crippen LogP contribution in [-0.2, 0) is 23.9 Å². The van der Waals surface area contributed by atoms with Gasteiger partial charge in [0.15, 0.2) is 16.7 Å². The first-order valence-electron chi connectivity index (χ1n) is 11.0. The standard InChI is InChI=1S/C27H20F4N2O3S/c1-36-23-11-9-18(15-21(23)28)13-14-33(16-19-7-5-17(6-8-19)10-12-24(34)35)26-32-22-4-2-3-20(25(22)37-26)27(29,30)31/h2-9,11,15H,13-14,16H2,1H3,(H,34,35). The first kappa shape index (κ1) is 26.0. The van der Waals surface area contributed by atoms with Crippen LogP contribution < -0.4 is 9.64 Å². The average Bonchev–Trinajstić information content (AvgIpc) is 3.29. The monoisotopic (exact) mass is 528 g/mol. The molecule has 0 bridgehead atoms. The Labute approximate surface area is 213 Å². The molecule has 0 unspecified atom stereocenters. The van der Waals surface area contributed by atoms with Crippen molar-refractivity contribution in [2.45, 2.75) is 19.1 Å². The van der Waals surface area contributed by atoms with Crippen LogP contribution in [0.4, 0.5) is 22.7 Å². The van der Waals surface area contributed by atoms with Crippen LogP contribution >= 0.6 is 11.3 Å². The van der Waals surface area contributed by atoms with Gasteiger partial charge in [-0.2, -0.15) is 13.2 Å². The van der Waals surface area contributed by atoms with Crippen LogP contribution in [0.5, 0.6) is 5.75 Å². The molecule has 4 aromatic rings. The third-order valence-corrected chi connectivity index (χ3v) is 6.67. The summed E-state index contributed by atoms with van der Waals surface area (Å²) in [6, 6.07) is 15.4. The Morgan fingerprint density at radius 1 is 1.11 bits per heavy atom. The number of aromatic nitrogens is 1. The van der Waals surface area contributed by atoms with E-state index in [4.69, 9.17) is 9.84 Å². The number of methoxy groups -OCH3 is 1. The van der Waals surface area contributed by atoms with E-state index in [1.165, 1.54) is 31.4 Å². The van der Waals surface area contributed by atoms with Gasteiger partial charge in [-0.15, -0.1) is 0 Å². The summed E-state index contributed by atoms with van der Waals surface area (Å²) in [4.78, 5) is 17.0. The number of carboxylic acids is 1. The number of carboxylic acid groups (broad SMARTS) is 1. The highest BCUT2D eigenvalue weighted by Gasteiger charge is 2.33. The summed E-state index contributed by atoms with van der Waals surface area (Å²) in [5.41, 5.74) is 1.53. The van der Waals surface area contributed by atoms with Gasteiger partial charge in [0.2, 0.25) is 0 Å². The molecule has 10 heteroatoms. The third kappa shape index (κ3) is 6.37. The van der Waals surface area contributed by atoms with E-state index in [9.17, 15) is 22.4 Å². The highest BCUT2D eigenvalue weighted by atomic mass is 32.1. The maximum absolute atomic E-state index is 14.2. The number of benzene rings is 3. The molecule has 0 amide bonds. The summed E-state index contributed by atoms with van der Waals surface area (Å²) in [6.45, 7) is 0.667. The lowest BCUT2D eigenvalue weighted by Crippen LogP contribution is -2.25. The van der Waals surface area contributed by atoms with Gasteiger partial charge in [0.25, 0.3) is 0 Å². The van der Waals surface area contributed by atoms with Gasteiger partial charge in [-0.1, -0.05) is 41.5 Å². The lowest BCUT2D eigenvalue weighted by molar-refractivity contribution is -0.136. The summed E-state index contributed by atoms with van der Waals surface area (Å²) in [6.07, 6.45) is -4.10. The maximum Gasteiger partial charge on any atom is 0.417 e. The molecule has 0 aliphatic carbocycles. The van der Waals surface area contributed by atoms with Crippen LogP contribution in [-0.4, -0.2) is 29.7 Å². The summed E-state index contributed by atoms with van der Waals surface area (Å²) < 4.78 is 59.9. The molecule has 1 N–H and O–H groups in total. The van der Waals surface area contributed by atoms with E-state index in [1.54, 1.807) is 30.3 Å². The number of rotatable bonds is 7. The molecule has 0 atom stereocenters. The van der Waals surface area contributed by atoms with Crippen molar-refractivity contribution >= 4 is 32.7 Å². The van der Waals surface area contributed by atoms with Gasteiger partial charge in [0.05, 0.1) is 22.9 Å². The summed E-state index contributed by atoms with van der Waals surface area (Å²) >= 11 is 0.950. The first-order chi connectivity index (χ1) is 17.6. The number of hydrogen-bond donors (Lipinski definition) is 1. The Bertz CT molecular complexity index is 1490. The third-order valence-electron chi connectivity index (χ3n) is 5.51. The van der Waals surface area contributed by atoms with Gasteiger partial charge in [-0.05, 0) is 53.9 Å². The molecule has 1 heterocycles. The van der Waals surface area contributed by atoms with E-state index in [0.717, 1.165) is 23.0 Å². The highest BCUT2D eigenvalue weighted by molar-refractivity contribution is 7.22. The lowest BCUT2D eigenvalue weighted by Gasteiger charge is -2.22. The van der Waals surface area contributed by atoms with E-state index in [0.29, 0.717) is 35.8 Å². The van der Waals surface area contributed by atoms with E-state index in [2.05, 4.69) is 10.9 Å². The molecular weight excluding hydrogens is 508 g/mol. The Balaban J connectivity index is 1.65. The smallest absolute Gasteiger partial charge is 0.417 e. The molecule has 5 nitrogen and oxygen atoms in total. The lowest BCUT2D eigenvalue weighted by atomic mass is 10.1. The minimum atomic E-state index is -4.51. The molecule has 0 aliphatic heterocycles. The van der Waals surface area contributed by atoms with E-state index >= 15 is 0 Å². The predicted octanol–water partition coefficient (Wildman–Crippen LogP) is 6.15. The summed E-state index contributed by atoms with van der Waals surface area (Å²) in [7, 11) is 1.38. The second-order valence-corrected chi connectivity index (χ2v) is 9.02. The van der Waals surface area contributed by atoms with Crippen molar-refractivity contribution in [3.05, 3.63) is 88.7 Å². The number of fused-ring (bicyclic) bond motifs is 1. The number of hydrogen-bond acceptors (Lipinski definition) is 5. The number of anilines is 1. The SMILES string of the molecule is COc1ccc(CCN(Cc2ccc(C#CC(=O)O)cc2)c2nc3cccc(C(F)(F)F)c3s2)cc1F. The Hall–Kier alpha value is -4.10. The van der Waals surface area contributed by atoms with Gasteiger partial charge in [-0.3, -0.25) is 0 Å². The van der Waals surface area contributed by atoms with Crippen molar-refractivity contribution in [1.82, 2.24) is 4.98 Å². The predicted molar refractivity (Wildman–Crippen MR) is 133 cm³/mol. The number of halogens is 4. The van der Waals surface area contributed by atoms with Crippen LogP contribution in [0.3, 0.4) is 0 Å². The Morgan fingerprint density at radius 3 is 2.49 bits per heavy atom. The summed E-state index contributed by atoms with van der Waals surface area (Å²) in [5.74, 6) is 2.96. The number of carbonyl (C=O) groups is 1. The van der Waals surface area contributed by atoms with Gasteiger partial charge in [-0.25, -0.2) is 14.2 Å². The van der Waals surface area contributed by atoms with Crippen LogP contribution in [0.15, 0.2) is 60.7 Å². The van der Waals surface area contributed by atoms with Crippen molar-refractivity contribution < 1.29 is 32.2 Å². The molecule has 0 saturated heterocycles. The molecule has 0 saturated carbocycles. The molecule has 1 aromatic heterocycles. The fourth-order valence-electron chi connectivity index (χ4n) is 3.71. The first-order valence-corrected chi connectivity index (χ1v) is 11.8. The number of nitrogens with zero attached hydrogens (tertiary/aromatic N) is 2. The number of ether oxygens (including phenoxy) is 1. The number of aliphatic carboxylic acids is 1. The number of alkyl halides is 3. The van der Waals surface area contributed by atoms with Gasteiger partial charge in [0.1, 0.15) is 0 Å². The van der Waals surface area contributed by atoms with Crippen molar-refractivity contribution in [2.24, 2.45) is 0 Å². The van der Waals surface area contributed by atoms with Crippen LogP contribution in [0.1, 0.15) is 22.3 Å². The molecule has 3 aromatic carbocycles. The van der Waals surface area contributed by atoms with Gasteiger partial charge in [0, 0.05) is 24.6 Å². The molecule has 4 rings (SSSR count). The maximum atomic E-state index is 14.2. The second-order valence-electron chi connectivity index (χ2n) is 8.04.